The summed E-state index contributed by atoms with van der Waals surface area (Å²) in [6.45, 7) is 0.0264. The molecule has 0 atom stereocenters. The van der Waals surface area contributed by atoms with E-state index in [0.29, 0.717) is 5.76 Å². The average molecular weight is 399 g/mol. The lowest BCUT2D eigenvalue weighted by Crippen LogP contribution is -2.36. The van der Waals surface area contributed by atoms with E-state index in [-0.39, 0.29) is 22.4 Å². The number of hydrogen-bond acceptors (Lipinski definition) is 5. The van der Waals surface area contributed by atoms with E-state index in [1.807, 2.05) is 0 Å². The summed E-state index contributed by atoms with van der Waals surface area (Å²) in [5, 5.41) is 0. The summed E-state index contributed by atoms with van der Waals surface area (Å²) >= 11 is 0. The molecule has 1 fully saturated rings. The maximum absolute atomic E-state index is 12.5. The molecule has 2 N–H and O–H groups in total. The lowest BCUT2D eigenvalue weighted by atomic mass is 9.96. The van der Waals surface area contributed by atoms with Crippen molar-refractivity contribution in [3.8, 4) is 0 Å². The Hall–Kier alpha value is -1.68. The number of rotatable bonds is 7. The van der Waals surface area contributed by atoms with Gasteiger partial charge in [-0.1, -0.05) is 19.3 Å². The Morgan fingerprint density at radius 1 is 0.885 bits per heavy atom. The number of sulfonamides is 2. The van der Waals surface area contributed by atoms with Gasteiger partial charge in [0.2, 0.25) is 20.0 Å². The van der Waals surface area contributed by atoms with Gasteiger partial charge < -0.3 is 4.42 Å². The number of nitrogens with one attached hydrogen (secondary N) is 2. The van der Waals surface area contributed by atoms with Crippen LogP contribution in [-0.4, -0.2) is 22.9 Å². The van der Waals surface area contributed by atoms with Crippen LogP contribution in [0.3, 0.4) is 0 Å². The first-order valence-electron chi connectivity index (χ1n) is 8.51. The third-order valence-electron chi connectivity index (χ3n) is 4.39. The fourth-order valence-electron chi connectivity index (χ4n) is 2.97. The van der Waals surface area contributed by atoms with Crippen LogP contribution in [0.1, 0.15) is 37.9 Å². The van der Waals surface area contributed by atoms with Crippen LogP contribution in [0.25, 0.3) is 0 Å². The molecule has 1 aromatic carbocycles. The SMILES string of the molecule is O=S(=O)(NCc1ccco1)c1ccc(S(=O)(=O)NC2CCCCC2)cc1. The molecule has 2 aromatic rings. The number of furan rings is 1. The first kappa shape index (κ1) is 19.1. The molecule has 0 bridgehead atoms. The Morgan fingerprint density at radius 2 is 1.50 bits per heavy atom. The Morgan fingerprint density at radius 3 is 2.08 bits per heavy atom. The van der Waals surface area contributed by atoms with Crippen molar-refractivity contribution in [2.75, 3.05) is 0 Å². The van der Waals surface area contributed by atoms with Crippen molar-refractivity contribution < 1.29 is 21.3 Å². The fraction of sp³-hybridized carbons (Fsp3) is 0.412. The van der Waals surface area contributed by atoms with Crippen LogP contribution in [0.2, 0.25) is 0 Å². The summed E-state index contributed by atoms with van der Waals surface area (Å²) in [6, 6.07) is 8.49. The van der Waals surface area contributed by atoms with Crippen molar-refractivity contribution in [2.45, 2.75) is 54.5 Å². The summed E-state index contributed by atoms with van der Waals surface area (Å²) in [5.41, 5.74) is 0. The molecule has 0 saturated heterocycles. The van der Waals surface area contributed by atoms with Gasteiger partial charge in [-0.25, -0.2) is 26.3 Å². The molecule has 1 aromatic heterocycles. The monoisotopic (exact) mass is 398 g/mol. The van der Waals surface area contributed by atoms with E-state index in [9.17, 15) is 16.8 Å². The minimum Gasteiger partial charge on any atom is -0.468 e. The van der Waals surface area contributed by atoms with Gasteiger partial charge in [-0.15, -0.1) is 0 Å². The van der Waals surface area contributed by atoms with Gasteiger partial charge in [-0.05, 0) is 49.2 Å². The predicted octanol–water partition coefficient (Wildman–Crippen LogP) is 2.37. The molecule has 1 aliphatic carbocycles. The first-order chi connectivity index (χ1) is 12.4. The van der Waals surface area contributed by atoms with Crippen molar-refractivity contribution in [3.63, 3.8) is 0 Å². The normalized spacial score (nSPS) is 16.6. The van der Waals surface area contributed by atoms with Crippen LogP contribution in [-0.2, 0) is 26.6 Å². The molecule has 0 aliphatic heterocycles. The highest BCUT2D eigenvalue weighted by Gasteiger charge is 2.22. The molecule has 1 saturated carbocycles. The molecule has 9 heteroatoms. The van der Waals surface area contributed by atoms with Gasteiger partial charge in [0.15, 0.2) is 0 Å². The second kappa shape index (κ2) is 7.91. The molecule has 0 amide bonds. The van der Waals surface area contributed by atoms with Gasteiger partial charge in [0.1, 0.15) is 5.76 Å². The van der Waals surface area contributed by atoms with Gasteiger partial charge >= 0.3 is 0 Å². The second-order valence-electron chi connectivity index (χ2n) is 6.33. The Kier molecular flexibility index (Phi) is 5.81. The van der Waals surface area contributed by atoms with Gasteiger partial charge in [0, 0.05) is 6.04 Å². The third-order valence-corrected chi connectivity index (χ3v) is 7.34. The molecule has 1 aliphatic rings. The molecule has 1 heterocycles. The zero-order valence-electron chi connectivity index (χ0n) is 14.2. The van der Waals surface area contributed by atoms with Crippen molar-refractivity contribution in [1.82, 2.24) is 9.44 Å². The van der Waals surface area contributed by atoms with E-state index < -0.39 is 20.0 Å². The molecule has 0 spiro atoms. The molecule has 7 nitrogen and oxygen atoms in total. The van der Waals surface area contributed by atoms with Crippen molar-refractivity contribution >= 4 is 20.0 Å². The number of hydrogen-bond donors (Lipinski definition) is 2. The smallest absolute Gasteiger partial charge is 0.240 e. The van der Waals surface area contributed by atoms with Crippen LogP contribution in [0.15, 0.2) is 56.9 Å². The number of benzene rings is 1. The quantitative estimate of drug-likeness (QED) is 0.745. The molecule has 26 heavy (non-hydrogen) atoms. The minimum atomic E-state index is -3.75. The lowest BCUT2D eigenvalue weighted by Gasteiger charge is -2.22. The fourth-order valence-corrected chi connectivity index (χ4v) is 5.27. The molecular weight excluding hydrogens is 376 g/mol. The third kappa shape index (κ3) is 4.73. The topological polar surface area (TPSA) is 105 Å². The average Bonchev–Trinajstić information content (AvgIpc) is 3.14. The molecule has 0 unspecified atom stereocenters. The molecular formula is C17H22N2O5S2. The van der Waals surface area contributed by atoms with E-state index in [1.165, 1.54) is 30.5 Å². The van der Waals surface area contributed by atoms with Crippen LogP contribution in [0.5, 0.6) is 0 Å². The maximum atomic E-state index is 12.5. The van der Waals surface area contributed by atoms with Crippen molar-refractivity contribution in [1.29, 1.82) is 0 Å². The van der Waals surface area contributed by atoms with E-state index in [4.69, 9.17) is 4.42 Å². The van der Waals surface area contributed by atoms with Crippen molar-refractivity contribution in [2.24, 2.45) is 0 Å². The van der Waals surface area contributed by atoms with Gasteiger partial charge in [0.05, 0.1) is 22.6 Å². The van der Waals surface area contributed by atoms with Crippen LogP contribution < -0.4 is 9.44 Å². The van der Waals surface area contributed by atoms with Gasteiger partial charge in [-0.3, -0.25) is 0 Å². The second-order valence-corrected chi connectivity index (χ2v) is 9.81. The Balaban J connectivity index is 1.68. The van der Waals surface area contributed by atoms with E-state index >= 15 is 0 Å². The molecule has 142 valence electrons. The summed E-state index contributed by atoms with van der Waals surface area (Å²) in [6.07, 6.45) is 6.31. The molecule has 3 rings (SSSR count). The first-order valence-corrected chi connectivity index (χ1v) is 11.5. The summed E-state index contributed by atoms with van der Waals surface area (Å²) in [4.78, 5) is 0.0636. The molecule has 0 radical (unpaired) electrons. The van der Waals surface area contributed by atoms with Crippen LogP contribution in [0, 0.1) is 0 Å². The Bertz CT molecular complexity index is 914. The highest BCUT2D eigenvalue weighted by Crippen LogP contribution is 2.21. The maximum Gasteiger partial charge on any atom is 0.240 e. The van der Waals surface area contributed by atoms with Crippen LogP contribution in [0.4, 0.5) is 0 Å². The predicted molar refractivity (Wildman–Crippen MR) is 96.4 cm³/mol. The Labute approximate surface area is 153 Å². The van der Waals surface area contributed by atoms with Crippen LogP contribution >= 0.6 is 0 Å². The van der Waals surface area contributed by atoms with E-state index in [1.54, 1.807) is 12.1 Å². The zero-order chi connectivity index (χ0) is 18.6. The highest BCUT2D eigenvalue weighted by molar-refractivity contribution is 7.90. The zero-order valence-corrected chi connectivity index (χ0v) is 15.9. The summed E-state index contributed by atoms with van der Waals surface area (Å²) in [5.74, 6) is 0.490. The minimum absolute atomic E-state index is 0.000623. The van der Waals surface area contributed by atoms with Gasteiger partial charge in [0.25, 0.3) is 0 Å². The summed E-state index contributed by atoms with van der Waals surface area (Å²) in [7, 11) is -7.40. The summed E-state index contributed by atoms with van der Waals surface area (Å²) < 4.78 is 59.7. The van der Waals surface area contributed by atoms with Gasteiger partial charge in [-0.2, -0.15) is 0 Å². The van der Waals surface area contributed by atoms with E-state index in [0.717, 1.165) is 32.1 Å². The highest BCUT2D eigenvalue weighted by atomic mass is 32.2. The van der Waals surface area contributed by atoms with E-state index in [2.05, 4.69) is 9.44 Å². The lowest BCUT2D eigenvalue weighted by molar-refractivity contribution is 0.412. The van der Waals surface area contributed by atoms with Crippen molar-refractivity contribution in [3.05, 3.63) is 48.4 Å². The largest absolute Gasteiger partial charge is 0.468 e. The standard InChI is InChI=1S/C17H22N2O5S2/c20-25(21,18-13-15-7-4-12-24-15)16-8-10-17(11-9-16)26(22,23)19-14-5-2-1-3-6-14/h4,7-12,14,18-19H,1-3,5-6,13H2.